The fourth-order valence-electron chi connectivity index (χ4n) is 1.97. The number of rotatable bonds is 4. The molecular weight excluding hydrogens is 300 g/mol. The Bertz CT molecular complexity index is 799. The van der Waals surface area contributed by atoms with Crippen molar-refractivity contribution >= 4 is 23.1 Å². The molecule has 0 radical (unpaired) electrons. The Kier molecular flexibility index (Phi) is 4.16. The average molecular weight is 313 g/mol. The number of benzene rings is 2. The largest absolute Gasteiger partial charge is 0.386 e. The molecule has 0 amide bonds. The van der Waals surface area contributed by atoms with Gasteiger partial charge in [0.15, 0.2) is 0 Å². The van der Waals surface area contributed by atoms with Crippen LogP contribution in [-0.2, 0) is 0 Å². The molecule has 0 bridgehead atoms. The second kappa shape index (κ2) is 6.41. The standard InChI is InChI=1S/C16H13ClN4O/c17-10-14(18)19-13-9-5-4-8-12(13)16-20-15(21-22-16)11-6-2-1-3-7-11/h1-9H,10H2,(H2,18,19). The predicted molar refractivity (Wildman–Crippen MR) is 87.2 cm³/mol. The van der Waals surface area contributed by atoms with Gasteiger partial charge in [0.2, 0.25) is 5.82 Å². The lowest BCUT2D eigenvalue weighted by molar-refractivity contribution is 0.432. The van der Waals surface area contributed by atoms with E-state index in [-0.39, 0.29) is 5.88 Å². The van der Waals surface area contributed by atoms with Gasteiger partial charge < -0.3 is 10.3 Å². The van der Waals surface area contributed by atoms with Crippen LogP contribution in [-0.4, -0.2) is 21.9 Å². The molecule has 0 saturated heterocycles. The monoisotopic (exact) mass is 312 g/mol. The number of amidine groups is 1. The van der Waals surface area contributed by atoms with Crippen molar-refractivity contribution in [1.29, 1.82) is 0 Å². The molecule has 110 valence electrons. The Morgan fingerprint density at radius 1 is 1.09 bits per heavy atom. The third-order valence-electron chi connectivity index (χ3n) is 2.99. The number of aliphatic imine (C=N–C) groups is 1. The molecule has 22 heavy (non-hydrogen) atoms. The van der Waals surface area contributed by atoms with E-state index < -0.39 is 0 Å². The molecular formula is C16H13ClN4O. The molecule has 0 aliphatic rings. The number of hydrogen-bond donors (Lipinski definition) is 1. The van der Waals surface area contributed by atoms with Gasteiger partial charge >= 0.3 is 0 Å². The van der Waals surface area contributed by atoms with Crippen molar-refractivity contribution in [1.82, 2.24) is 10.1 Å². The molecule has 1 heterocycles. The van der Waals surface area contributed by atoms with Gasteiger partial charge in [0, 0.05) is 5.56 Å². The Morgan fingerprint density at radius 2 is 1.82 bits per heavy atom. The highest BCUT2D eigenvalue weighted by molar-refractivity contribution is 6.28. The van der Waals surface area contributed by atoms with E-state index >= 15 is 0 Å². The van der Waals surface area contributed by atoms with Gasteiger partial charge in [-0.3, -0.25) is 0 Å². The van der Waals surface area contributed by atoms with Gasteiger partial charge in [-0.1, -0.05) is 47.6 Å². The van der Waals surface area contributed by atoms with Crippen LogP contribution in [0.15, 0.2) is 64.1 Å². The molecule has 0 aliphatic heterocycles. The highest BCUT2D eigenvalue weighted by Gasteiger charge is 2.13. The van der Waals surface area contributed by atoms with E-state index in [0.29, 0.717) is 28.8 Å². The van der Waals surface area contributed by atoms with E-state index in [2.05, 4.69) is 15.1 Å². The predicted octanol–water partition coefficient (Wildman–Crippen LogP) is 3.63. The van der Waals surface area contributed by atoms with Crippen LogP contribution >= 0.6 is 11.6 Å². The van der Waals surface area contributed by atoms with Gasteiger partial charge in [0.05, 0.1) is 17.1 Å². The van der Waals surface area contributed by atoms with Crippen LogP contribution in [0.4, 0.5) is 5.69 Å². The minimum absolute atomic E-state index is 0.160. The summed E-state index contributed by atoms with van der Waals surface area (Å²) in [4.78, 5) is 8.69. The topological polar surface area (TPSA) is 77.3 Å². The van der Waals surface area contributed by atoms with Gasteiger partial charge in [-0.05, 0) is 12.1 Å². The van der Waals surface area contributed by atoms with Crippen molar-refractivity contribution in [2.75, 3.05) is 5.88 Å². The number of alkyl halides is 1. The Hall–Kier alpha value is -2.66. The molecule has 0 spiro atoms. The Labute approximate surface area is 132 Å². The highest BCUT2D eigenvalue weighted by Crippen LogP contribution is 2.30. The van der Waals surface area contributed by atoms with E-state index in [1.165, 1.54) is 0 Å². The summed E-state index contributed by atoms with van der Waals surface area (Å²) in [7, 11) is 0. The molecule has 1 aromatic heterocycles. The van der Waals surface area contributed by atoms with Crippen LogP contribution in [0.1, 0.15) is 0 Å². The number of nitrogens with two attached hydrogens (primary N) is 1. The maximum atomic E-state index is 5.70. The van der Waals surface area contributed by atoms with Gasteiger partial charge in [-0.15, -0.1) is 11.6 Å². The molecule has 0 saturated carbocycles. The minimum atomic E-state index is 0.160. The van der Waals surface area contributed by atoms with Crippen molar-refractivity contribution in [2.45, 2.75) is 0 Å². The summed E-state index contributed by atoms with van der Waals surface area (Å²) in [6.07, 6.45) is 0. The average Bonchev–Trinajstić information content (AvgIpc) is 3.06. The van der Waals surface area contributed by atoms with E-state index in [9.17, 15) is 0 Å². The van der Waals surface area contributed by atoms with Gasteiger partial charge in [-0.25, -0.2) is 4.99 Å². The molecule has 5 nitrogen and oxygen atoms in total. The van der Waals surface area contributed by atoms with Crippen LogP contribution in [0.25, 0.3) is 22.8 Å². The molecule has 2 aromatic carbocycles. The lowest BCUT2D eigenvalue weighted by atomic mass is 10.2. The number of hydrogen-bond acceptors (Lipinski definition) is 4. The molecule has 3 rings (SSSR count). The van der Waals surface area contributed by atoms with Crippen molar-refractivity contribution in [3.8, 4) is 22.8 Å². The van der Waals surface area contributed by atoms with Crippen molar-refractivity contribution in [2.24, 2.45) is 10.7 Å². The van der Waals surface area contributed by atoms with E-state index in [4.69, 9.17) is 21.9 Å². The second-order valence-corrected chi connectivity index (χ2v) is 4.81. The first kappa shape index (κ1) is 14.3. The smallest absolute Gasteiger partial charge is 0.260 e. The quantitative estimate of drug-likeness (QED) is 0.453. The molecule has 0 unspecified atom stereocenters. The number of aromatic nitrogens is 2. The Balaban J connectivity index is 2.01. The number of halogens is 1. The SMILES string of the molecule is NC(CCl)=Nc1ccccc1-c1nc(-c2ccccc2)no1. The maximum Gasteiger partial charge on any atom is 0.260 e. The van der Waals surface area contributed by atoms with Crippen LogP contribution in [0.5, 0.6) is 0 Å². The summed E-state index contributed by atoms with van der Waals surface area (Å²) >= 11 is 5.68. The lowest BCUT2D eigenvalue weighted by Crippen LogP contribution is -2.12. The van der Waals surface area contributed by atoms with Gasteiger partial charge in [0.25, 0.3) is 5.89 Å². The summed E-state index contributed by atoms with van der Waals surface area (Å²) in [6, 6.07) is 17.0. The minimum Gasteiger partial charge on any atom is -0.386 e. The van der Waals surface area contributed by atoms with Crippen LogP contribution < -0.4 is 5.73 Å². The zero-order valence-corrected chi connectivity index (χ0v) is 12.4. The summed E-state index contributed by atoms with van der Waals surface area (Å²) in [6.45, 7) is 0. The van der Waals surface area contributed by atoms with E-state index in [1.54, 1.807) is 0 Å². The van der Waals surface area contributed by atoms with Crippen molar-refractivity contribution < 1.29 is 4.52 Å². The lowest BCUT2D eigenvalue weighted by Gasteiger charge is -2.01. The molecule has 0 fully saturated rings. The van der Waals surface area contributed by atoms with Crippen LogP contribution in [0.3, 0.4) is 0 Å². The summed E-state index contributed by atoms with van der Waals surface area (Å²) in [5.41, 5.74) is 7.94. The number of nitrogens with zero attached hydrogens (tertiary/aromatic N) is 3. The molecule has 0 atom stereocenters. The summed E-state index contributed by atoms with van der Waals surface area (Å²) < 4.78 is 5.36. The summed E-state index contributed by atoms with van der Waals surface area (Å²) in [5, 5.41) is 4.01. The molecule has 6 heteroatoms. The van der Waals surface area contributed by atoms with Gasteiger partial charge in [-0.2, -0.15) is 4.98 Å². The third-order valence-corrected chi connectivity index (χ3v) is 3.27. The molecule has 0 aliphatic carbocycles. The molecule has 2 N–H and O–H groups in total. The maximum absolute atomic E-state index is 5.70. The van der Waals surface area contributed by atoms with Crippen molar-refractivity contribution in [3.63, 3.8) is 0 Å². The fraction of sp³-hybridized carbons (Fsp3) is 0.0625. The first-order valence-electron chi connectivity index (χ1n) is 6.65. The second-order valence-electron chi connectivity index (χ2n) is 4.54. The normalized spacial score (nSPS) is 11.6. The van der Waals surface area contributed by atoms with Crippen LogP contribution in [0, 0.1) is 0 Å². The Morgan fingerprint density at radius 3 is 2.59 bits per heavy atom. The van der Waals surface area contributed by atoms with Crippen LogP contribution in [0.2, 0.25) is 0 Å². The van der Waals surface area contributed by atoms with Gasteiger partial charge in [0.1, 0.15) is 5.84 Å². The number of para-hydroxylation sites is 1. The summed E-state index contributed by atoms with van der Waals surface area (Å²) in [5.74, 6) is 1.41. The first-order chi connectivity index (χ1) is 10.8. The highest BCUT2D eigenvalue weighted by atomic mass is 35.5. The van der Waals surface area contributed by atoms with E-state index in [1.807, 2.05) is 54.6 Å². The zero-order valence-electron chi connectivity index (χ0n) is 11.6. The van der Waals surface area contributed by atoms with Crippen molar-refractivity contribution in [3.05, 3.63) is 54.6 Å². The first-order valence-corrected chi connectivity index (χ1v) is 7.19. The zero-order chi connectivity index (χ0) is 15.4. The van der Waals surface area contributed by atoms with E-state index in [0.717, 1.165) is 5.56 Å². The fourth-order valence-corrected chi connectivity index (χ4v) is 2.03. The third kappa shape index (κ3) is 2.99. The molecule has 3 aromatic rings.